The number of carbonyl (C=O) groups is 4. The molecule has 0 heterocycles. The number of hydrogen-bond acceptors (Lipinski definition) is 8. The third-order valence-electron chi connectivity index (χ3n) is 7.29. The highest BCUT2D eigenvalue weighted by Crippen LogP contribution is 2.24. The Labute approximate surface area is 325 Å². The first-order chi connectivity index (χ1) is 26.1. The summed E-state index contributed by atoms with van der Waals surface area (Å²) in [5.41, 5.74) is 1.88. The van der Waals surface area contributed by atoms with Gasteiger partial charge in [-0.3, -0.25) is 0 Å². The van der Waals surface area contributed by atoms with Crippen molar-refractivity contribution in [1.29, 1.82) is 0 Å². The van der Waals surface area contributed by atoms with Crippen molar-refractivity contribution >= 4 is 101 Å². The fraction of sp³-hybridized carbons (Fsp3) is 0.0286. The average Bonchev–Trinajstić information content (AvgIpc) is 3.10. The van der Waals surface area contributed by atoms with Gasteiger partial charge in [-0.25, -0.2) is 45.5 Å². The average molecular weight is 826 g/mol. The van der Waals surface area contributed by atoms with E-state index in [1.165, 1.54) is 73.7 Å². The number of hydrogen-bond donors (Lipinski definition) is 8. The molecule has 0 aliphatic rings. The molecule has 0 bridgehead atoms. The van der Waals surface area contributed by atoms with Crippen molar-refractivity contribution in [3.8, 4) is 0 Å². The van der Waals surface area contributed by atoms with Crippen LogP contribution in [0.1, 0.15) is 5.56 Å². The molecule has 0 unspecified atom stereocenters. The molecular formula is C35H30Cl2N8O8S2. The molecule has 0 aromatic heterocycles. The number of nitrogens with one attached hydrogen (secondary N) is 8. The van der Waals surface area contributed by atoms with Gasteiger partial charge in [-0.1, -0.05) is 41.4 Å². The van der Waals surface area contributed by atoms with Crippen LogP contribution in [-0.2, 0) is 20.0 Å². The molecular weight excluding hydrogens is 795 g/mol. The summed E-state index contributed by atoms with van der Waals surface area (Å²) in [6.07, 6.45) is 0. The minimum absolute atomic E-state index is 0.0982. The van der Waals surface area contributed by atoms with Gasteiger partial charge in [0.25, 0.3) is 20.0 Å². The van der Waals surface area contributed by atoms with Crippen LogP contribution in [0.2, 0.25) is 10.0 Å². The van der Waals surface area contributed by atoms with Crippen LogP contribution in [0.5, 0.6) is 0 Å². The van der Waals surface area contributed by atoms with E-state index < -0.39 is 44.2 Å². The first kappa shape index (κ1) is 39.9. The Bertz CT molecular complexity index is 2320. The molecule has 8 N–H and O–H groups in total. The number of amides is 8. The van der Waals surface area contributed by atoms with Gasteiger partial charge in [-0.2, -0.15) is 0 Å². The lowest BCUT2D eigenvalue weighted by atomic mass is 10.1. The van der Waals surface area contributed by atoms with Gasteiger partial charge in [0.1, 0.15) is 0 Å². The number of carbonyl (C=O) groups excluding carboxylic acids is 4. The van der Waals surface area contributed by atoms with Crippen LogP contribution in [0, 0.1) is 6.92 Å². The zero-order chi connectivity index (χ0) is 39.8. The predicted octanol–water partition coefficient (Wildman–Crippen LogP) is 7.61. The van der Waals surface area contributed by atoms with E-state index in [1.54, 1.807) is 48.5 Å². The van der Waals surface area contributed by atoms with Crippen LogP contribution >= 0.6 is 23.2 Å². The first-order valence-electron chi connectivity index (χ1n) is 15.7. The molecule has 0 atom stereocenters. The second-order valence-electron chi connectivity index (χ2n) is 11.3. The summed E-state index contributed by atoms with van der Waals surface area (Å²) in [5, 5.41) is 15.9. The first-order valence-corrected chi connectivity index (χ1v) is 19.4. The molecule has 0 radical (unpaired) electrons. The largest absolute Gasteiger partial charge is 0.333 e. The molecule has 20 heteroatoms. The smallest absolute Gasteiger partial charge is 0.308 e. The molecule has 0 saturated heterocycles. The maximum Gasteiger partial charge on any atom is 0.333 e. The number of rotatable bonds is 10. The number of benzene rings is 5. The molecule has 55 heavy (non-hydrogen) atoms. The van der Waals surface area contributed by atoms with Crippen LogP contribution in [-0.4, -0.2) is 41.0 Å². The molecule has 5 rings (SSSR count). The van der Waals surface area contributed by atoms with Crippen molar-refractivity contribution in [2.75, 3.05) is 31.9 Å². The van der Waals surface area contributed by atoms with Gasteiger partial charge in [-0.05, 0) is 110 Å². The van der Waals surface area contributed by atoms with E-state index in [0.717, 1.165) is 0 Å². The van der Waals surface area contributed by atoms with Crippen LogP contribution in [0.3, 0.4) is 0 Å². The highest BCUT2D eigenvalue weighted by molar-refractivity contribution is 7.90. The third-order valence-corrected chi connectivity index (χ3v) is 10.5. The van der Waals surface area contributed by atoms with Crippen molar-refractivity contribution < 1.29 is 36.0 Å². The van der Waals surface area contributed by atoms with E-state index in [-0.39, 0.29) is 38.1 Å². The monoisotopic (exact) mass is 824 g/mol. The lowest BCUT2D eigenvalue weighted by molar-refractivity contribution is 0.255. The maximum absolute atomic E-state index is 12.9. The number of sulfonamides is 2. The minimum Gasteiger partial charge on any atom is -0.308 e. The summed E-state index contributed by atoms with van der Waals surface area (Å²) in [4.78, 5) is 49.5. The van der Waals surface area contributed by atoms with E-state index in [9.17, 15) is 36.0 Å². The third kappa shape index (κ3) is 11.3. The Kier molecular flexibility index (Phi) is 12.5. The number of urea groups is 4. The number of anilines is 6. The standard InChI is InChI=1S/C35H30Cl2N8O8S2/c1-21-30(42-34(48)44-54(50,51)28-15-11-24(12-16-28)38-32(46)40-26-7-2-5-22(36)19-26)9-4-10-31(21)43-35(49)45-55(52,53)29-17-13-25(14-18-29)39-33(47)41-27-8-3-6-23(37)20-27/h2-20H,1H3,(H2,38,40,46)(H2,39,41,47)(H2,42,44,48)(H2,43,45,49). The SMILES string of the molecule is Cc1c(NC(=O)NS(=O)(=O)c2ccc(NC(=O)Nc3cccc(Cl)c3)cc2)cccc1NC(=O)NS(=O)(=O)c1ccc(NC(=O)Nc2cccc(Cl)c2)cc1. The Morgan fingerprint density at radius 1 is 0.436 bits per heavy atom. The summed E-state index contributed by atoms with van der Waals surface area (Å²) in [7, 11) is -8.74. The zero-order valence-corrected chi connectivity index (χ0v) is 31.5. The van der Waals surface area contributed by atoms with E-state index >= 15 is 0 Å². The van der Waals surface area contributed by atoms with Gasteiger partial charge < -0.3 is 31.9 Å². The van der Waals surface area contributed by atoms with Gasteiger partial charge >= 0.3 is 24.1 Å². The van der Waals surface area contributed by atoms with Gasteiger partial charge in [0, 0.05) is 44.2 Å². The zero-order valence-electron chi connectivity index (χ0n) is 28.3. The van der Waals surface area contributed by atoms with Crippen LogP contribution in [0.25, 0.3) is 0 Å². The molecule has 16 nitrogen and oxygen atoms in total. The quantitative estimate of drug-likeness (QED) is 0.0696. The van der Waals surface area contributed by atoms with Gasteiger partial charge in [0.05, 0.1) is 9.79 Å². The van der Waals surface area contributed by atoms with Gasteiger partial charge in [0.2, 0.25) is 0 Å². The summed E-state index contributed by atoms with van der Waals surface area (Å²) in [6.45, 7) is 1.50. The van der Waals surface area contributed by atoms with Crippen LogP contribution in [0.15, 0.2) is 125 Å². The summed E-state index contributed by atoms with van der Waals surface area (Å²) < 4.78 is 55.4. The summed E-state index contributed by atoms with van der Waals surface area (Å²) >= 11 is 11.8. The van der Waals surface area contributed by atoms with Crippen molar-refractivity contribution in [3.63, 3.8) is 0 Å². The molecule has 0 aliphatic heterocycles. The van der Waals surface area contributed by atoms with E-state index in [0.29, 0.717) is 21.4 Å². The highest BCUT2D eigenvalue weighted by atomic mass is 35.5. The maximum atomic E-state index is 12.9. The minimum atomic E-state index is -4.37. The fourth-order valence-electron chi connectivity index (χ4n) is 4.72. The normalized spacial score (nSPS) is 11.0. The molecule has 5 aromatic carbocycles. The van der Waals surface area contributed by atoms with E-state index in [1.807, 2.05) is 9.44 Å². The molecule has 0 fully saturated rings. The van der Waals surface area contributed by atoms with Crippen LogP contribution in [0.4, 0.5) is 53.3 Å². The van der Waals surface area contributed by atoms with Crippen molar-refractivity contribution in [2.45, 2.75) is 16.7 Å². The molecule has 0 aliphatic carbocycles. The fourth-order valence-corrected chi connectivity index (χ4v) is 6.91. The lowest BCUT2D eigenvalue weighted by Crippen LogP contribution is -2.35. The van der Waals surface area contributed by atoms with Crippen molar-refractivity contribution in [3.05, 3.63) is 131 Å². The van der Waals surface area contributed by atoms with Crippen molar-refractivity contribution in [2.24, 2.45) is 0 Å². The Morgan fingerprint density at radius 3 is 1.15 bits per heavy atom. The second kappa shape index (κ2) is 17.2. The molecule has 5 aromatic rings. The van der Waals surface area contributed by atoms with E-state index in [2.05, 4.69) is 31.9 Å². The summed E-state index contributed by atoms with van der Waals surface area (Å²) in [5.74, 6) is 0. The Morgan fingerprint density at radius 2 is 0.782 bits per heavy atom. The highest BCUT2D eigenvalue weighted by Gasteiger charge is 2.21. The summed E-state index contributed by atoms with van der Waals surface area (Å²) in [6, 6.07) is 23.8. The topological polar surface area (TPSA) is 233 Å². The number of halogens is 2. The Hall–Kier alpha value is -6.34. The Balaban J connectivity index is 1.13. The van der Waals surface area contributed by atoms with Crippen LogP contribution < -0.4 is 41.3 Å². The molecule has 8 amide bonds. The molecule has 0 saturated carbocycles. The van der Waals surface area contributed by atoms with Crippen molar-refractivity contribution in [1.82, 2.24) is 9.44 Å². The molecule has 0 spiro atoms. The van der Waals surface area contributed by atoms with Gasteiger partial charge in [-0.15, -0.1) is 0 Å². The predicted molar refractivity (Wildman–Crippen MR) is 211 cm³/mol. The lowest BCUT2D eigenvalue weighted by Gasteiger charge is -2.15. The van der Waals surface area contributed by atoms with Gasteiger partial charge in [0.15, 0.2) is 0 Å². The second-order valence-corrected chi connectivity index (χ2v) is 15.6. The molecule has 284 valence electrons. The van der Waals surface area contributed by atoms with E-state index in [4.69, 9.17) is 23.2 Å².